The molecule has 11 heterocycles. The van der Waals surface area contributed by atoms with Gasteiger partial charge in [-0.25, -0.2) is 24.9 Å². The second-order valence-corrected chi connectivity index (χ2v) is 17.6. The van der Waals surface area contributed by atoms with Crippen molar-refractivity contribution in [3.05, 3.63) is 253 Å². The Morgan fingerprint density at radius 3 is 1.56 bits per heavy atom. The molecule has 0 spiro atoms. The maximum atomic E-state index is 4.34. The summed E-state index contributed by atoms with van der Waals surface area (Å²) in [6, 6.07) is 53.5. The normalized spacial score (nSPS) is 10.3. The molecule has 0 atom stereocenters. The number of fused-ring (bicyclic) bond motifs is 7. The van der Waals surface area contributed by atoms with Gasteiger partial charge in [0.05, 0.1) is 61.7 Å². The Balaban J connectivity index is 0.000000119. The highest BCUT2D eigenvalue weighted by Crippen LogP contribution is 2.14. The van der Waals surface area contributed by atoms with Gasteiger partial charge in [-0.05, 0) is 158 Å². The first-order valence-corrected chi connectivity index (χ1v) is 24.8. The largest absolute Gasteiger partial charge is 0.264 e. The standard InChI is InChI=1S/7C9H8N2/c1-7-2-3-8-6-10-5-4-9(8)11-7;1-7-2-3-8-4-5-10-6-9(8)11-7;1-7-4-5-8-9(11-7)3-2-6-10-8;1-7-4-5-8-3-2-6-10-9(8)11-7;1-7-10-6-8-4-2-3-5-9(8)11-7;1-7-6-10-8-4-2-3-5-9(8)11-7;1-7-6-8-4-2-3-5-9(8)11-10-7/h7*2-6H,1H3. The summed E-state index contributed by atoms with van der Waals surface area (Å²) in [7, 11) is 0. The topological polar surface area (TPSA) is 180 Å². The number of rotatable bonds is 0. The Kier molecular flexibility index (Phi) is 18.5. The molecule has 0 aliphatic heterocycles. The van der Waals surface area contributed by atoms with Gasteiger partial charge in [-0.15, -0.1) is 0 Å². The molecule has 0 radical (unpaired) electrons. The van der Waals surface area contributed by atoms with E-state index in [1.54, 1.807) is 37.2 Å². The molecule has 378 valence electrons. The lowest BCUT2D eigenvalue weighted by atomic mass is 10.2. The van der Waals surface area contributed by atoms with Crippen molar-refractivity contribution in [3.63, 3.8) is 0 Å². The van der Waals surface area contributed by atoms with Crippen LogP contribution in [0.4, 0.5) is 0 Å². The zero-order chi connectivity index (χ0) is 53.8. The van der Waals surface area contributed by atoms with E-state index in [4.69, 9.17) is 0 Å². The molecular formula is C63H56N14. The molecule has 14 heteroatoms. The van der Waals surface area contributed by atoms with Crippen LogP contribution in [-0.2, 0) is 0 Å². The van der Waals surface area contributed by atoms with E-state index in [1.807, 2.05) is 219 Å². The molecule has 0 aliphatic rings. The summed E-state index contributed by atoms with van der Waals surface area (Å²) in [5.41, 5.74) is 14.7. The van der Waals surface area contributed by atoms with Gasteiger partial charge in [0.2, 0.25) is 0 Å². The number of aromatic nitrogens is 14. The molecule has 0 unspecified atom stereocenters. The molecule has 0 saturated carbocycles. The molecule has 14 nitrogen and oxygen atoms in total. The average Bonchev–Trinajstić information content (AvgIpc) is 3.46. The third-order valence-corrected chi connectivity index (χ3v) is 11.3. The van der Waals surface area contributed by atoms with E-state index in [-0.39, 0.29) is 0 Å². The second kappa shape index (κ2) is 26.7. The molecule has 0 bridgehead atoms. The summed E-state index contributed by atoms with van der Waals surface area (Å²) in [5, 5.41) is 13.6. The number of nitrogens with zero attached hydrogens (tertiary/aromatic N) is 14. The fourth-order valence-electron chi connectivity index (χ4n) is 7.44. The van der Waals surface area contributed by atoms with E-state index in [1.165, 1.54) is 0 Å². The SMILES string of the molecule is Cc1cc2ccccc2nn1.Cc1ccc2cccnc2n1.Cc1ccc2ccncc2n1.Cc1ccc2cnccc2n1.Cc1ccc2ncccc2n1.Cc1cnc2ccccc2n1.Cc1ncc2ccccc2n1. The van der Waals surface area contributed by atoms with E-state index in [2.05, 4.69) is 76.1 Å². The predicted octanol–water partition coefficient (Wildman–Crippen LogP) is 13.6. The quantitative estimate of drug-likeness (QED) is 0.140. The van der Waals surface area contributed by atoms with Crippen LogP contribution in [0.3, 0.4) is 0 Å². The number of hydrogen-bond donors (Lipinski definition) is 0. The van der Waals surface area contributed by atoms with Crippen molar-refractivity contribution in [2.45, 2.75) is 48.5 Å². The molecule has 0 aliphatic carbocycles. The summed E-state index contributed by atoms with van der Waals surface area (Å²) >= 11 is 0. The van der Waals surface area contributed by atoms with Gasteiger partial charge in [-0.2, -0.15) is 10.2 Å². The summed E-state index contributed by atoms with van der Waals surface area (Å²) in [5.74, 6) is 0.823. The number of hydrogen-bond acceptors (Lipinski definition) is 14. The van der Waals surface area contributed by atoms with Gasteiger partial charge in [-0.1, -0.05) is 54.6 Å². The van der Waals surface area contributed by atoms with Crippen molar-refractivity contribution in [2.24, 2.45) is 0 Å². The molecule has 77 heavy (non-hydrogen) atoms. The van der Waals surface area contributed by atoms with Gasteiger partial charge in [0.25, 0.3) is 0 Å². The smallest absolute Gasteiger partial charge is 0.159 e. The fraction of sp³-hybridized carbons (Fsp3) is 0.111. The average molecular weight is 1010 g/mol. The Hall–Kier alpha value is -10.1. The zero-order valence-electron chi connectivity index (χ0n) is 44.0. The first-order valence-electron chi connectivity index (χ1n) is 24.8. The molecule has 0 saturated heterocycles. The Morgan fingerprint density at radius 1 is 0.247 bits per heavy atom. The number of benzene rings is 3. The molecule has 11 aromatic heterocycles. The van der Waals surface area contributed by atoms with Crippen LogP contribution in [-0.4, -0.2) is 70.0 Å². The van der Waals surface area contributed by atoms with Gasteiger partial charge in [0.1, 0.15) is 5.82 Å². The van der Waals surface area contributed by atoms with Gasteiger partial charge in [-0.3, -0.25) is 34.9 Å². The highest BCUT2D eigenvalue weighted by Gasteiger charge is 1.98. The lowest BCUT2D eigenvalue weighted by Gasteiger charge is -1.95. The van der Waals surface area contributed by atoms with Gasteiger partial charge < -0.3 is 0 Å². The molecule has 14 aromatic rings. The molecule has 0 N–H and O–H groups in total. The number of pyridine rings is 8. The maximum absolute atomic E-state index is 4.34. The van der Waals surface area contributed by atoms with E-state index in [0.29, 0.717) is 0 Å². The molecule has 0 fully saturated rings. The molecule has 14 rings (SSSR count). The Labute approximate surface area is 446 Å². The Bertz CT molecular complexity index is 3430. The van der Waals surface area contributed by atoms with Crippen LogP contribution in [0.5, 0.6) is 0 Å². The van der Waals surface area contributed by atoms with Crippen LogP contribution in [0.15, 0.2) is 213 Å². The summed E-state index contributed by atoms with van der Waals surface area (Å²) in [6.45, 7) is 13.7. The molecular weight excluding hydrogens is 953 g/mol. The highest BCUT2D eigenvalue weighted by atomic mass is 15.1. The van der Waals surface area contributed by atoms with E-state index in [9.17, 15) is 0 Å². The van der Waals surface area contributed by atoms with E-state index in [0.717, 1.165) is 117 Å². The van der Waals surface area contributed by atoms with Gasteiger partial charge >= 0.3 is 0 Å². The first kappa shape index (κ1) is 53.2. The van der Waals surface area contributed by atoms with Crippen LogP contribution >= 0.6 is 0 Å². The lowest BCUT2D eigenvalue weighted by Crippen LogP contribution is -1.86. The van der Waals surface area contributed by atoms with Crippen molar-refractivity contribution in [1.29, 1.82) is 0 Å². The zero-order valence-corrected chi connectivity index (χ0v) is 44.0. The van der Waals surface area contributed by atoms with Crippen LogP contribution in [0.1, 0.15) is 40.0 Å². The minimum absolute atomic E-state index is 0.823. The third kappa shape index (κ3) is 16.0. The lowest BCUT2D eigenvalue weighted by molar-refractivity contribution is 1.02. The Morgan fingerprint density at radius 2 is 0.766 bits per heavy atom. The maximum Gasteiger partial charge on any atom is 0.159 e. The third-order valence-electron chi connectivity index (χ3n) is 11.3. The summed E-state index contributed by atoms with van der Waals surface area (Å²) < 4.78 is 0. The van der Waals surface area contributed by atoms with Gasteiger partial charge in [0, 0.05) is 93.1 Å². The minimum Gasteiger partial charge on any atom is -0.264 e. The van der Waals surface area contributed by atoms with Crippen LogP contribution in [0.25, 0.3) is 76.7 Å². The van der Waals surface area contributed by atoms with Crippen molar-refractivity contribution >= 4 is 76.7 Å². The highest BCUT2D eigenvalue weighted by molar-refractivity contribution is 5.80. The summed E-state index contributed by atoms with van der Waals surface area (Å²) in [4.78, 5) is 50.4. The van der Waals surface area contributed by atoms with Crippen molar-refractivity contribution in [2.75, 3.05) is 0 Å². The van der Waals surface area contributed by atoms with Crippen LogP contribution < -0.4 is 0 Å². The van der Waals surface area contributed by atoms with E-state index >= 15 is 0 Å². The molecule has 3 aromatic carbocycles. The van der Waals surface area contributed by atoms with Crippen LogP contribution in [0.2, 0.25) is 0 Å². The minimum atomic E-state index is 0.823. The first-order chi connectivity index (χ1) is 37.5. The molecule has 0 amide bonds. The number of para-hydroxylation sites is 3. The number of aryl methyl sites for hydroxylation is 7. The van der Waals surface area contributed by atoms with Crippen molar-refractivity contribution < 1.29 is 0 Å². The monoisotopic (exact) mass is 1010 g/mol. The fourth-order valence-corrected chi connectivity index (χ4v) is 7.44. The van der Waals surface area contributed by atoms with Crippen molar-refractivity contribution in [3.8, 4) is 0 Å². The second-order valence-electron chi connectivity index (χ2n) is 17.6. The summed E-state index contributed by atoms with van der Waals surface area (Å²) in [6.07, 6.45) is 14.3. The van der Waals surface area contributed by atoms with Gasteiger partial charge in [0.15, 0.2) is 5.65 Å². The van der Waals surface area contributed by atoms with Crippen LogP contribution in [0, 0.1) is 48.5 Å². The van der Waals surface area contributed by atoms with Crippen molar-refractivity contribution in [1.82, 2.24) is 70.0 Å². The van der Waals surface area contributed by atoms with E-state index < -0.39 is 0 Å². The predicted molar refractivity (Wildman–Crippen MR) is 310 cm³/mol.